The zero-order chi connectivity index (χ0) is 7.72. The van der Waals surface area contributed by atoms with Crippen LogP contribution in [0.4, 0.5) is 0 Å². The molecule has 3 N–H and O–H groups in total. The van der Waals surface area contributed by atoms with Crippen molar-refractivity contribution in [1.29, 1.82) is 0 Å². The molecule has 0 fully saturated rings. The van der Waals surface area contributed by atoms with E-state index in [-0.39, 0.29) is 11.6 Å². The zero-order valence-electron chi connectivity index (χ0n) is 5.01. The Morgan fingerprint density at radius 3 is 2.70 bits per heavy atom. The average molecular weight is 181 g/mol. The quantitative estimate of drug-likeness (QED) is 0.589. The van der Waals surface area contributed by atoms with Crippen LogP contribution in [0, 0.1) is 0 Å². The van der Waals surface area contributed by atoms with Crippen molar-refractivity contribution in [1.82, 2.24) is 5.06 Å². The fourth-order valence-electron chi connectivity index (χ4n) is 0.603. The van der Waals surface area contributed by atoms with Crippen molar-refractivity contribution in [3.63, 3.8) is 0 Å². The molecule has 56 valence electrons. The zero-order valence-corrected chi connectivity index (χ0v) is 6.52. The number of hydrogen-bond acceptors (Lipinski definition) is 3. The van der Waals surface area contributed by atoms with Crippen LogP contribution in [0.25, 0.3) is 0 Å². The average Bonchev–Trinajstić information content (AvgIpc) is 1.82. The second kappa shape index (κ2) is 2.70. The number of allylic oxidation sites excluding steroid dienone is 1. The predicted molar refractivity (Wildman–Crippen MR) is 39.5 cm³/mol. The molecule has 0 unspecified atom stereocenters. The molecule has 1 heterocycles. The Kier molecular flexibility index (Phi) is 2.08. The third-order valence-corrected chi connectivity index (χ3v) is 1.74. The van der Waals surface area contributed by atoms with E-state index in [1.54, 1.807) is 0 Å². The predicted octanol–water partition coefficient (Wildman–Crippen LogP) is 1.18. The molecule has 0 amide bonds. The Morgan fingerprint density at radius 1 is 1.60 bits per heavy atom. The van der Waals surface area contributed by atoms with Gasteiger partial charge in [0.2, 0.25) is 0 Å². The maximum atomic E-state index is 8.87. The molecule has 1 aliphatic rings. The fourth-order valence-corrected chi connectivity index (χ4v) is 1.10. The van der Waals surface area contributed by atoms with Crippen LogP contribution in [-0.2, 0) is 0 Å². The number of nitrogens with zero attached hydrogens (tertiary/aromatic N) is 1. The summed E-state index contributed by atoms with van der Waals surface area (Å²) < 4.78 is 0. The highest BCUT2D eigenvalue weighted by Gasteiger charge is 2.13. The van der Waals surface area contributed by atoms with E-state index in [0.717, 1.165) is 5.06 Å². The van der Waals surface area contributed by atoms with E-state index < -0.39 is 0 Å². The molecule has 0 radical (unpaired) electrons. The number of rotatable bonds is 0. The summed E-state index contributed by atoms with van der Waals surface area (Å²) in [6, 6.07) is 0. The summed E-state index contributed by atoms with van der Waals surface area (Å²) in [6.45, 7) is 0.198. The summed E-state index contributed by atoms with van der Waals surface area (Å²) in [7, 11) is 0. The number of hydrogen-bond donors (Lipinski definition) is 2. The summed E-state index contributed by atoms with van der Waals surface area (Å²) in [4.78, 5) is 0. The molecule has 0 saturated heterocycles. The highest BCUT2D eigenvalue weighted by atomic mass is 35.5. The van der Waals surface area contributed by atoms with Gasteiger partial charge >= 0.3 is 0 Å². The van der Waals surface area contributed by atoms with Gasteiger partial charge in [-0.3, -0.25) is 10.3 Å². The lowest BCUT2D eigenvalue weighted by Crippen LogP contribution is -2.21. The first kappa shape index (κ1) is 7.72. The molecule has 10 heavy (non-hydrogen) atoms. The maximum Gasteiger partial charge on any atom is 0.0831 e. The van der Waals surface area contributed by atoms with E-state index in [0.29, 0.717) is 10.7 Å². The SMILES string of the molecule is NC1=C(Cl)CN(O)C=C1Cl. The van der Waals surface area contributed by atoms with Crippen LogP contribution in [0.2, 0.25) is 0 Å². The standard InChI is InChI=1S/C5H6Cl2N2O/c6-3-1-9(10)2-4(7)5(3)8/h1,10H,2,8H2. The summed E-state index contributed by atoms with van der Waals surface area (Å²) in [6.07, 6.45) is 1.31. The maximum absolute atomic E-state index is 8.87. The molecule has 0 saturated carbocycles. The fraction of sp³-hybridized carbons (Fsp3) is 0.200. The molecule has 1 aliphatic heterocycles. The minimum Gasteiger partial charge on any atom is -0.396 e. The third-order valence-electron chi connectivity index (χ3n) is 1.11. The molecule has 5 heteroatoms. The van der Waals surface area contributed by atoms with E-state index in [1.807, 2.05) is 0 Å². The van der Waals surface area contributed by atoms with Crippen molar-refractivity contribution in [2.75, 3.05) is 6.54 Å². The monoisotopic (exact) mass is 180 g/mol. The van der Waals surface area contributed by atoms with Gasteiger partial charge in [0.1, 0.15) is 0 Å². The molecule has 0 spiro atoms. The van der Waals surface area contributed by atoms with Gasteiger partial charge in [-0.1, -0.05) is 23.2 Å². The van der Waals surface area contributed by atoms with Crippen LogP contribution in [0.1, 0.15) is 0 Å². The second-order valence-corrected chi connectivity index (χ2v) is 2.76. The van der Waals surface area contributed by atoms with Crippen molar-refractivity contribution in [2.24, 2.45) is 5.73 Å². The van der Waals surface area contributed by atoms with E-state index >= 15 is 0 Å². The molecule has 0 aromatic heterocycles. The van der Waals surface area contributed by atoms with Crippen molar-refractivity contribution in [2.45, 2.75) is 0 Å². The first-order chi connectivity index (χ1) is 4.61. The minimum atomic E-state index is 0.198. The Morgan fingerprint density at radius 2 is 2.20 bits per heavy atom. The lowest BCUT2D eigenvalue weighted by Gasteiger charge is -2.18. The largest absolute Gasteiger partial charge is 0.396 e. The van der Waals surface area contributed by atoms with Crippen molar-refractivity contribution in [3.05, 3.63) is 22.0 Å². The lowest BCUT2D eigenvalue weighted by molar-refractivity contribution is -0.0320. The Balaban J connectivity index is 2.90. The normalized spacial score (nSPS) is 19.5. The van der Waals surface area contributed by atoms with Gasteiger partial charge in [-0.15, -0.1) is 0 Å². The summed E-state index contributed by atoms with van der Waals surface area (Å²) >= 11 is 11.1. The van der Waals surface area contributed by atoms with Gasteiger partial charge in [0, 0.05) is 6.20 Å². The summed E-state index contributed by atoms with van der Waals surface area (Å²) in [5.74, 6) is 0. The van der Waals surface area contributed by atoms with Crippen molar-refractivity contribution >= 4 is 23.2 Å². The highest BCUT2D eigenvalue weighted by Crippen LogP contribution is 2.22. The molecule has 0 atom stereocenters. The molecule has 0 aromatic rings. The van der Waals surface area contributed by atoms with Gasteiger partial charge in [-0.2, -0.15) is 0 Å². The first-order valence-corrected chi connectivity index (χ1v) is 3.34. The topological polar surface area (TPSA) is 49.5 Å². The smallest absolute Gasteiger partial charge is 0.0831 e. The van der Waals surface area contributed by atoms with Crippen molar-refractivity contribution < 1.29 is 5.21 Å². The number of nitrogens with two attached hydrogens (primary N) is 1. The van der Waals surface area contributed by atoms with Gasteiger partial charge in [0.05, 0.1) is 22.3 Å². The highest BCUT2D eigenvalue weighted by molar-refractivity contribution is 6.35. The minimum absolute atomic E-state index is 0.198. The molecular formula is C5H6Cl2N2O. The molecular weight excluding hydrogens is 175 g/mol. The molecule has 0 aromatic carbocycles. The van der Waals surface area contributed by atoms with Crippen LogP contribution in [0.3, 0.4) is 0 Å². The van der Waals surface area contributed by atoms with E-state index in [2.05, 4.69) is 0 Å². The Hall–Kier alpha value is -0.380. The van der Waals surface area contributed by atoms with Crippen LogP contribution >= 0.6 is 23.2 Å². The van der Waals surface area contributed by atoms with Gasteiger partial charge in [-0.05, 0) is 0 Å². The van der Waals surface area contributed by atoms with Crippen LogP contribution < -0.4 is 5.73 Å². The third kappa shape index (κ3) is 1.37. The molecule has 1 rings (SSSR count). The number of hydroxylamine groups is 2. The van der Waals surface area contributed by atoms with Gasteiger partial charge in [-0.25, -0.2) is 0 Å². The second-order valence-electron chi connectivity index (χ2n) is 1.89. The van der Waals surface area contributed by atoms with Gasteiger partial charge in [0.15, 0.2) is 0 Å². The van der Waals surface area contributed by atoms with Crippen LogP contribution in [0.5, 0.6) is 0 Å². The van der Waals surface area contributed by atoms with Crippen LogP contribution in [0.15, 0.2) is 22.0 Å². The van der Waals surface area contributed by atoms with Gasteiger partial charge < -0.3 is 5.73 Å². The molecule has 3 nitrogen and oxygen atoms in total. The first-order valence-electron chi connectivity index (χ1n) is 2.58. The lowest BCUT2D eigenvalue weighted by atomic mass is 10.3. The van der Waals surface area contributed by atoms with E-state index in [1.165, 1.54) is 6.20 Å². The summed E-state index contributed by atoms with van der Waals surface area (Å²) in [5.41, 5.74) is 5.72. The van der Waals surface area contributed by atoms with E-state index in [9.17, 15) is 0 Å². The Labute approximate surface area is 68.3 Å². The van der Waals surface area contributed by atoms with Crippen LogP contribution in [-0.4, -0.2) is 16.8 Å². The summed E-state index contributed by atoms with van der Waals surface area (Å²) in [5, 5.41) is 10.4. The van der Waals surface area contributed by atoms with E-state index in [4.69, 9.17) is 34.1 Å². The Bertz CT molecular complexity index is 212. The van der Waals surface area contributed by atoms with Crippen molar-refractivity contribution in [3.8, 4) is 0 Å². The molecule has 0 bridgehead atoms. The number of halogens is 2. The van der Waals surface area contributed by atoms with Gasteiger partial charge in [0.25, 0.3) is 0 Å². The molecule has 0 aliphatic carbocycles.